The minimum atomic E-state index is -0.525. The number of halogens is 2. The van der Waals surface area contributed by atoms with Crippen molar-refractivity contribution in [2.75, 3.05) is 19.8 Å². The predicted molar refractivity (Wildman–Crippen MR) is 81.2 cm³/mol. The number of carbonyl (C=O) groups is 1. The summed E-state index contributed by atoms with van der Waals surface area (Å²) >= 11 is 5.82. The zero-order valence-corrected chi connectivity index (χ0v) is 13.2. The van der Waals surface area contributed by atoms with Crippen LogP contribution < -0.4 is 0 Å². The van der Waals surface area contributed by atoms with Crippen LogP contribution in [0.4, 0.5) is 4.39 Å². The summed E-state index contributed by atoms with van der Waals surface area (Å²) in [6.45, 7) is 4.97. The Morgan fingerprint density at radius 1 is 1.59 bits per heavy atom. The second-order valence-corrected chi connectivity index (χ2v) is 5.32. The molecular formula is C16H18ClFO4. The lowest BCUT2D eigenvalue weighted by Gasteiger charge is -2.16. The van der Waals surface area contributed by atoms with Gasteiger partial charge in [0.1, 0.15) is 11.9 Å². The zero-order valence-electron chi connectivity index (χ0n) is 12.5. The number of esters is 1. The van der Waals surface area contributed by atoms with E-state index in [0.29, 0.717) is 30.9 Å². The highest BCUT2D eigenvalue weighted by Gasteiger charge is 2.24. The molecule has 0 saturated carbocycles. The fourth-order valence-electron chi connectivity index (χ4n) is 1.93. The average molecular weight is 329 g/mol. The Morgan fingerprint density at radius 3 is 2.95 bits per heavy atom. The number of rotatable bonds is 7. The molecule has 1 fully saturated rings. The third-order valence-corrected chi connectivity index (χ3v) is 3.47. The molecule has 22 heavy (non-hydrogen) atoms. The van der Waals surface area contributed by atoms with Gasteiger partial charge >= 0.3 is 5.97 Å². The number of benzene rings is 1. The van der Waals surface area contributed by atoms with Gasteiger partial charge in [0, 0.05) is 6.08 Å². The maximum atomic E-state index is 13.7. The maximum absolute atomic E-state index is 13.7. The van der Waals surface area contributed by atoms with E-state index in [1.165, 1.54) is 18.2 Å². The summed E-state index contributed by atoms with van der Waals surface area (Å²) in [5.41, 5.74) is 1.23. The number of epoxide rings is 1. The molecule has 0 radical (unpaired) electrons. The Kier molecular flexibility index (Phi) is 5.94. The van der Waals surface area contributed by atoms with E-state index >= 15 is 0 Å². The second-order valence-electron chi connectivity index (χ2n) is 4.91. The van der Waals surface area contributed by atoms with Gasteiger partial charge < -0.3 is 14.2 Å². The van der Waals surface area contributed by atoms with Crippen LogP contribution in [-0.4, -0.2) is 31.9 Å². The monoisotopic (exact) mass is 328 g/mol. The third kappa shape index (κ3) is 4.80. The highest BCUT2D eigenvalue weighted by molar-refractivity contribution is 6.30. The highest BCUT2D eigenvalue weighted by atomic mass is 35.5. The van der Waals surface area contributed by atoms with E-state index in [9.17, 15) is 9.18 Å². The zero-order chi connectivity index (χ0) is 16.1. The Bertz CT molecular complexity index is 570. The summed E-state index contributed by atoms with van der Waals surface area (Å²) in [6, 6.07) is 2.79. The normalized spacial score (nSPS) is 18.5. The molecular weight excluding hydrogens is 311 g/mol. The molecule has 1 aliphatic rings. The lowest BCUT2D eigenvalue weighted by Crippen LogP contribution is -2.08. The van der Waals surface area contributed by atoms with Crippen molar-refractivity contribution in [1.82, 2.24) is 0 Å². The minimum absolute atomic E-state index is 0.00927. The molecule has 1 aromatic rings. The highest BCUT2D eigenvalue weighted by Crippen LogP contribution is 2.28. The third-order valence-electron chi connectivity index (χ3n) is 3.18. The van der Waals surface area contributed by atoms with E-state index in [1.54, 1.807) is 13.0 Å². The van der Waals surface area contributed by atoms with Crippen molar-refractivity contribution in [3.05, 3.63) is 40.2 Å². The molecule has 0 aliphatic carbocycles. The molecule has 120 valence electrons. The Morgan fingerprint density at radius 2 is 2.32 bits per heavy atom. The van der Waals surface area contributed by atoms with E-state index in [2.05, 4.69) is 0 Å². The molecule has 1 heterocycles. The SMILES string of the molecule is CCOC(=O)/C=C/c1cc(Cl)c(F)cc1C(C)OCC1CO1. The Hall–Kier alpha value is -1.43. The van der Waals surface area contributed by atoms with Crippen molar-refractivity contribution in [1.29, 1.82) is 0 Å². The molecule has 2 unspecified atom stereocenters. The second kappa shape index (κ2) is 7.72. The van der Waals surface area contributed by atoms with Gasteiger partial charge in [-0.25, -0.2) is 9.18 Å². The summed E-state index contributed by atoms with van der Waals surface area (Å²) in [4.78, 5) is 11.4. The molecule has 0 spiro atoms. The van der Waals surface area contributed by atoms with Crippen LogP contribution in [0.5, 0.6) is 0 Å². The van der Waals surface area contributed by atoms with Crippen LogP contribution in [0.15, 0.2) is 18.2 Å². The largest absolute Gasteiger partial charge is 0.463 e. The Labute approximate surface area is 133 Å². The molecule has 1 aliphatic heterocycles. The van der Waals surface area contributed by atoms with Gasteiger partial charge in [-0.3, -0.25) is 0 Å². The number of ether oxygens (including phenoxy) is 3. The number of hydrogen-bond acceptors (Lipinski definition) is 4. The van der Waals surface area contributed by atoms with Crippen LogP contribution in [0.25, 0.3) is 6.08 Å². The molecule has 1 aromatic carbocycles. The van der Waals surface area contributed by atoms with Gasteiger partial charge in [0.25, 0.3) is 0 Å². The summed E-state index contributed by atoms with van der Waals surface area (Å²) in [7, 11) is 0. The smallest absolute Gasteiger partial charge is 0.330 e. The fraction of sp³-hybridized carbons (Fsp3) is 0.438. The fourth-order valence-corrected chi connectivity index (χ4v) is 2.10. The molecule has 0 amide bonds. The minimum Gasteiger partial charge on any atom is -0.463 e. The van der Waals surface area contributed by atoms with E-state index in [-0.39, 0.29) is 17.2 Å². The standard InChI is InChI=1S/C16H18ClFO4/c1-3-20-16(19)5-4-11-6-14(17)15(18)7-13(11)10(2)21-8-12-9-22-12/h4-7,10,12H,3,8-9H2,1-2H3/b5-4+. The first-order valence-corrected chi connectivity index (χ1v) is 7.46. The molecule has 2 rings (SSSR count). The lowest BCUT2D eigenvalue weighted by molar-refractivity contribution is -0.137. The van der Waals surface area contributed by atoms with Gasteiger partial charge in [0.05, 0.1) is 30.9 Å². The maximum Gasteiger partial charge on any atom is 0.330 e. The van der Waals surface area contributed by atoms with Crippen LogP contribution >= 0.6 is 11.6 Å². The van der Waals surface area contributed by atoms with Crippen LogP contribution in [0.3, 0.4) is 0 Å². The summed E-state index contributed by atoms with van der Waals surface area (Å²) in [5.74, 6) is -0.989. The van der Waals surface area contributed by atoms with Crippen molar-refractivity contribution in [2.45, 2.75) is 26.1 Å². The van der Waals surface area contributed by atoms with Gasteiger partial charge in [-0.05, 0) is 43.2 Å². The Balaban J connectivity index is 2.17. The van der Waals surface area contributed by atoms with E-state index in [4.69, 9.17) is 25.8 Å². The summed E-state index contributed by atoms with van der Waals surface area (Å²) in [6.07, 6.45) is 2.61. The van der Waals surface area contributed by atoms with Crippen LogP contribution in [0.1, 0.15) is 31.1 Å². The first-order chi connectivity index (χ1) is 10.5. The molecule has 0 N–H and O–H groups in total. The molecule has 0 bridgehead atoms. The van der Waals surface area contributed by atoms with Crippen molar-refractivity contribution < 1.29 is 23.4 Å². The van der Waals surface area contributed by atoms with Gasteiger partial charge in [-0.2, -0.15) is 0 Å². The van der Waals surface area contributed by atoms with E-state index < -0.39 is 11.8 Å². The van der Waals surface area contributed by atoms with Gasteiger partial charge in [-0.15, -0.1) is 0 Å². The van der Waals surface area contributed by atoms with Crippen molar-refractivity contribution in [2.24, 2.45) is 0 Å². The average Bonchev–Trinajstić information content (AvgIpc) is 3.30. The van der Waals surface area contributed by atoms with Crippen molar-refractivity contribution >= 4 is 23.6 Å². The summed E-state index contributed by atoms with van der Waals surface area (Å²) in [5, 5.41) is -0.00927. The summed E-state index contributed by atoms with van der Waals surface area (Å²) < 4.78 is 29.3. The van der Waals surface area contributed by atoms with Crippen molar-refractivity contribution in [3.63, 3.8) is 0 Å². The molecule has 0 aromatic heterocycles. The predicted octanol–water partition coefficient (Wildman–Crippen LogP) is 3.53. The van der Waals surface area contributed by atoms with Gasteiger partial charge in [0.15, 0.2) is 0 Å². The van der Waals surface area contributed by atoms with E-state index in [0.717, 1.165) is 0 Å². The number of carbonyl (C=O) groups excluding carboxylic acids is 1. The first-order valence-electron chi connectivity index (χ1n) is 7.08. The molecule has 6 heteroatoms. The molecule has 1 saturated heterocycles. The molecule has 2 atom stereocenters. The van der Waals surface area contributed by atoms with Gasteiger partial charge in [0.2, 0.25) is 0 Å². The van der Waals surface area contributed by atoms with Crippen LogP contribution in [0.2, 0.25) is 5.02 Å². The molecule has 4 nitrogen and oxygen atoms in total. The lowest BCUT2D eigenvalue weighted by atomic mass is 10.0. The number of hydrogen-bond donors (Lipinski definition) is 0. The van der Waals surface area contributed by atoms with Crippen LogP contribution in [0, 0.1) is 5.82 Å². The first kappa shape index (κ1) is 16.9. The van der Waals surface area contributed by atoms with E-state index in [1.807, 2.05) is 6.92 Å². The topological polar surface area (TPSA) is 48.1 Å². The van der Waals surface area contributed by atoms with Gasteiger partial charge in [-0.1, -0.05) is 11.6 Å². The quantitative estimate of drug-likeness (QED) is 0.436. The van der Waals surface area contributed by atoms with Crippen LogP contribution in [-0.2, 0) is 19.0 Å². The van der Waals surface area contributed by atoms with Crippen molar-refractivity contribution in [3.8, 4) is 0 Å².